The largest absolute Gasteiger partial charge is 0.385 e. The van der Waals surface area contributed by atoms with Crippen molar-refractivity contribution < 1.29 is 4.92 Å². The normalized spacial score (nSPS) is 10.4. The number of hydrogen-bond donors (Lipinski definition) is 2. The van der Waals surface area contributed by atoms with Gasteiger partial charge in [0, 0.05) is 42.5 Å². The number of nitrogens with zero attached hydrogens (tertiary/aromatic N) is 2. The molecule has 0 aliphatic carbocycles. The summed E-state index contributed by atoms with van der Waals surface area (Å²) in [7, 11) is 0. The first-order valence-corrected chi connectivity index (χ1v) is 6.82. The molecule has 0 radical (unpaired) electrons. The van der Waals surface area contributed by atoms with Crippen molar-refractivity contribution in [1.82, 2.24) is 9.97 Å². The average molecular weight is 278 g/mol. The van der Waals surface area contributed by atoms with Gasteiger partial charge in [-0.3, -0.25) is 10.1 Å². The third kappa shape index (κ3) is 3.47. The lowest BCUT2D eigenvalue weighted by atomic mass is 10.2. The Morgan fingerprint density at radius 1 is 1.53 bits per heavy atom. The molecule has 0 unspecified atom stereocenters. The highest BCUT2D eigenvalue weighted by molar-refractivity contribution is 7.98. The fraction of sp³-hybridized carbons (Fsp3) is 0.250. The molecule has 0 saturated carbocycles. The third-order valence-electron chi connectivity index (χ3n) is 2.50. The van der Waals surface area contributed by atoms with E-state index in [1.165, 1.54) is 17.8 Å². The molecule has 7 heteroatoms. The molecule has 2 N–H and O–H groups in total. The van der Waals surface area contributed by atoms with E-state index in [0.29, 0.717) is 5.75 Å². The Bertz CT molecular complexity index is 557. The van der Waals surface area contributed by atoms with Crippen molar-refractivity contribution in [3.8, 4) is 0 Å². The molecule has 0 aliphatic rings. The van der Waals surface area contributed by atoms with Gasteiger partial charge in [-0.05, 0) is 18.6 Å². The molecule has 0 amide bonds. The highest BCUT2D eigenvalue weighted by Crippen LogP contribution is 2.28. The zero-order valence-corrected chi connectivity index (χ0v) is 11.2. The lowest BCUT2D eigenvalue weighted by Crippen LogP contribution is -2.01. The van der Waals surface area contributed by atoms with Crippen LogP contribution in [0.2, 0.25) is 0 Å². The Morgan fingerprint density at radius 3 is 3.00 bits per heavy atom. The van der Waals surface area contributed by atoms with Gasteiger partial charge in [0.05, 0.1) is 4.92 Å². The quantitative estimate of drug-likeness (QED) is 0.482. The van der Waals surface area contributed by atoms with Crippen molar-refractivity contribution in [1.29, 1.82) is 0 Å². The molecule has 1 heterocycles. The van der Waals surface area contributed by atoms with E-state index in [4.69, 9.17) is 0 Å². The van der Waals surface area contributed by atoms with E-state index in [1.807, 2.05) is 6.92 Å². The maximum atomic E-state index is 10.8. The Balaban J connectivity index is 2.19. The van der Waals surface area contributed by atoms with E-state index in [2.05, 4.69) is 15.3 Å². The summed E-state index contributed by atoms with van der Waals surface area (Å²) in [6.07, 6.45) is 3.43. The number of aromatic nitrogens is 2. The van der Waals surface area contributed by atoms with E-state index in [0.717, 1.165) is 23.0 Å². The highest BCUT2D eigenvalue weighted by atomic mass is 32.2. The van der Waals surface area contributed by atoms with E-state index < -0.39 is 0 Å². The predicted molar refractivity (Wildman–Crippen MR) is 75.4 cm³/mol. The first-order valence-electron chi connectivity index (χ1n) is 5.84. The molecule has 2 rings (SSSR count). The molecule has 19 heavy (non-hydrogen) atoms. The van der Waals surface area contributed by atoms with Crippen LogP contribution in [0.25, 0.3) is 0 Å². The van der Waals surface area contributed by atoms with Gasteiger partial charge < -0.3 is 10.3 Å². The second-order valence-corrected chi connectivity index (χ2v) is 4.78. The molecule has 100 valence electrons. The van der Waals surface area contributed by atoms with Crippen molar-refractivity contribution in [3.63, 3.8) is 0 Å². The van der Waals surface area contributed by atoms with Crippen molar-refractivity contribution in [2.45, 2.75) is 17.8 Å². The van der Waals surface area contributed by atoms with Gasteiger partial charge in [-0.15, -0.1) is 0 Å². The summed E-state index contributed by atoms with van der Waals surface area (Å²) in [5, 5.41) is 14.8. The lowest BCUT2D eigenvalue weighted by molar-refractivity contribution is -0.384. The standard InChI is InChI=1S/C12H14N4O2S/c1-2-13-11-4-3-10(16(17)18)7-9(11)8-19-12-14-5-6-15-12/h3-7,13H,2,8H2,1H3,(H,14,15). The van der Waals surface area contributed by atoms with Crippen LogP contribution in [0.3, 0.4) is 0 Å². The van der Waals surface area contributed by atoms with Gasteiger partial charge >= 0.3 is 0 Å². The fourth-order valence-corrected chi connectivity index (χ4v) is 2.47. The van der Waals surface area contributed by atoms with Crippen LogP contribution in [0.1, 0.15) is 12.5 Å². The number of H-pyrrole nitrogens is 1. The van der Waals surface area contributed by atoms with Crippen LogP contribution in [-0.2, 0) is 5.75 Å². The number of anilines is 1. The molecule has 2 aromatic rings. The summed E-state index contributed by atoms with van der Waals surface area (Å²) in [5.74, 6) is 0.623. The van der Waals surface area contributed by atoms with E-state index in [1.54, 1.807) is 24.5 Å². The number of aromatic amines is 1. The van der Waals surface area contributed by atoms with Crippen LogP contribution in [-0.4, -0.2) is 21.4 Å². The Morgan fingerprint density at radius 2 is 2.37 bits per heavy atom. The summed E-state index contributed by atoms with van der Waals surface area (Å²) < 4.78 is 0. The van der Waals surface area contributed by atoms with Crippen molar-refractivity contribution in [2.24, 2.45) is 0 Å². The van der Waals surface area contributed by atoms with Gasteiger partial charge in [0.15, 0.2) is 5.16 Å². The molecule has 0 saturated heterocycles. The van der Waals surface area contributed by atoms with Gasteiger partial charge in [-0.25, -0.2) is 4.98 Å². The van der Waals surface area contributed by atoms with Crippen LogP contribution in [0.5, 0.6) is 0 Å². The first kappa shape index (κ1) is 13.4. The van der Waals surface area contributed by atoms with E-state index in [9.17, 15) is 10.1 Å². The number of non-ortho nitro benzene ring substituents is 1. The molecule has 1 aromatic carbocycles. The maximum Gasteiger partial charge on any atom is 0.269 e. The molecule has 0 atom stereocenters. The minimum Gasteiger partial charge on any atom is -0.385 e. The molecule has 6 nitrogen and oxygen atoms in total. The van der Waals surface area contributed by atoms with Crippen LogP contribution in [0.15, 0.2) is 35.7 Å². The Kier molecular flexibility index (Phi) is 4.40. The number of nitrogens with one attached hydrogen (secondary N) is 2. The minimum absolute atomic E-state index is 0.108. The van der Waals surface area contributed by atoms with Gasteiger partial charge in [0.25, 0.3) is 5.69 Å². The SMILES string of the molecule is CCNc1ccc([N+](=O)[O-])cc1CSc1ncc[nH]1. The molecule has 0 fully saturated rings. The molecular weight excluding hydrogens is 264 g/mol. The van der Waals surface area contributed by atoms with Gasteiger partial charge in [-0.1, -0.05) is 11.8 Å². The smallest absolute Gasteiger partial charge is 0.269 e. The summed E-state index contributed by atoms with van der Waals surface area (Å²) in [5.41, 5.74) is 1.93. The Hall–Kier alpha value is -2.02. The zero-order valence-electron chi connectivity index (χ0n) is 10.4. The summed E-state index contributed by atoms with van der Waals surface area (Å²) in [4.78, 5) is 17.5. The lowest BCUT2D eigenvalue weighted by Gasteiger charge is -2.09. The number of nitro benzene ring substituents is 1. The van der Waals surface area contributed by atoms with Gasteiger partial charge in [-0.2, -0.15) is 0 Å². The number of benzene rings is 1. The van der Waals surface area contributed by atoms with Gasteiger partial charge in [0.2, 0.25) is 0 Å². The second-order valence-electron chi connectivity index (χ2n) is 3.81. The van der Waals surface area contributed by atoms with Crippen LogP contribution in [0, 0.1) is 10.1 Å². The average Bonchev–Trinajstić information content (AvgIpc) is 2.90. The predicted octanol–water partition coefficient (Wildman–Crippen LogP) is 3.04. The first-order chi connectivity index (χ1) is 9.20. The van der Waals surface area contributed by atoms with Crippen LogP contribution in [0.4, 0.5) is 11.4 Å². The van der Waals surface area contributed by atoms with Crippen molar-refractivity contribution in [3.05, 3.63) is 46.3 Å². The topological polar surface area (TPSA) is 83.8 Å². The van der Waals surface area contributed by atoms with E-state index >= 15 is 0 Å². The summed E-state index contributed by atoms with van der Waals surface area (Å²) in [6, 6.07) is 4.87. The molecule has 0 bridgehead atoms. The summed E-state index contributed by atoms with van der Waals surface area (Å²) in [6.45, 7) is 2.76. The Labute approximate surface area is 114 Å². The minimum atomic E-state index is -0.378. The van der Waals surface area contributed by atoms with Crippen LogP contribution >= 0.6 is 11.8 Å². The molecule has 0 aliphatic heterocycles. The van der Waals surface area contributed by atoms with Crippen molar-refractivity contribution >= 4 is 23.1 Å². The van der Waals surface area contributed by atoms with E-state index in [-0.39, 0.29) is 10.6 Å². The highest BCUT2D eigenvalue weighted by Gasteiger charge is 2.11. The molecule has 1 aromatic heterocycles. The molecule has 0 spiro atoms. The molecular formula is C12H14N4O2S. The number of imidazole rings is 1. The van der Waals surface area contributed by atoms with Gasteiger partial charge in [0.1, 0.15) is 0 Å². The second kappa shape index (κ2) is 6.24. The zero-order chi connectivity index (χ0) is 13.7. The monoisotopic (exact) mass is 278 g/mol. The fourth-order valence-electron chi connectivity index (χ4n) is 1.65. The number of rotatable bonds is 6. The van der Waals surface area contributed by atoms with Crippen LogP contribution < -0.4 is 5.32 Å². The number of hydrogen-bond acceptors (Lipinski definition) is 5. The maximum absolute atomic E-state index is 10.8. The number of thioether (sulfide) groups is 1. The van der Waals surface area contributed by atoms with Crippen molar-refractivity contribution in [2.75, 3.05) is 11.9 Å². The number of nitro groups is 1. The third-order valence-corrected chi connectivity index (χ3v) is 3.46. The summed E-state index contributed by atoms with van der Waals surface area (Å²) >= 11 is 1.51.